The van der Waals surface area contributed by atoms with Gasteiger partial charge >= 0.3 is 0 Å². The maximum absolute atomic E-state index is 12.4. The van der Waals surface area contributed by atoms with Gasteiger partial charge in [0.15, 0.2) is 9.84 Å². The molecule has 1 fully saturated rings. The summed E-state index contributed by atoms with van der Waals surface area (Å²) in [4.78, 5) is 16.6. The topological polar surface area (TPSA) is 88.2 Å². The molecule has 0 spiro atoms. The van der Waals surface area contributed by atoms with Crippen LogP contribution in [0.25, 0.3) is 0 Å². The van der Waals surface area contributed by atoms with Crippen molar-refractivity contribution in [3.8, 4) is 0 Å². The number of carbonyl (C=O) groups excluding carboxylic acids is 1. The van der Waals surface area contributed by atoms with E-state index in [9.17, 15) is 13.2 Å². The SMILES string of the molecule is Cc1ccc(C)c(NC(=O)c2ccc(NC3CCS(=O)(=O)C3)nc2)c1. The first-order chi connectivity index (χ1) is 11.8. The van der Waals surface area contributed by atoms with Crippen LogP contribution in [0.5, 0.6) is 0 Å². The second-order valence-corrected chi connectivity index (χ2v) is 8.68. The molecule has 1 atom stereocenters. The first-order valence-electron chi connectivity index (χ1n) is 8.14. The number of nitrogens with one attached hydrogen (secondary N) is 2. The van der Waals surface area contributed by atoms with Crippen molar-refractivity contribution in [1.82, 2.24) is 4.98 Å². The molecule has 1 aliphatic heterocycles. The number of aryl methyl sites for hydroxylation is 2. The molecule has 1 saturated heterocycles. The summed E-state index contributed by atoms with van der Waals surface area (Å²) >= 11 is 0. The average Bonchev–Trinajstić information content (AvgIpc) is 2.90. The third-order valence-corrected chi connectivity index (χ3v) is 6.02. The van der Waals surface area contributed by atoms with Gasteiger partial charge in [0.1, 0.15) is 5.82 Å². The van der Waals surface area contributed by atoms with Crippen molar-refractivity contribution in [2.45, 2.75) is 26.3 Å². The summed E-state index contributed by atoms with van der Waals surface area (Å²) in [7, 11) is -2.93. The summed E-state index contributed by atoms with van der Waals surface area (Å²) < 4.78 is 23.0. The predicted molar refractivity (Wildman–Crippen MR) is 98.8 cm³/mol. The number of aromatic nitrogens is 1. The van der Waals surface area contributed by atoms with Crippen molar-refractivity contribution >= 4 is 27.2 Å². The summed E-state index contributed by atoms with van der Waals surface area (Å²) in [6.45, 7) is 3.91. The number of amides is 1. The van der Waals surface area contributed by atoms with Crippen LogP contribution in [-0.4, -0.2) is 36.9 Å². The third-order valence-electron chi connectivity index (χ3n) is 4.25. The zero-order valence-electron chi connectivity index (χ0n) is 14.2. The fraction of sp³-hybridized carbons (Fsp3) is 0.333. The van der Waals surface area contributed by atoms with Crippen LogP contribution in [0.1, 0.15) is 27.9 Å². The molecule has 0 saturated carbocycles. The van der Waals surface area contributed by atoms with Gasteiger partial charge in [0, 0.05) is 17.9 Å². The van der Waals surface area contributed by atoms with Crippen molar-refractivity contribution in [2.75, 3.05) is 22.1 Å². The highest BCUT2D eigenvalue weighted by Gasteiger charge is 2.27. The Balaban J connectivity index is 1.65. The lowest BCUT2D eigenvalue weighted by Crippen LogP contribution is -2.21. The summed E-state index contributed by atoms with van der Waals surface area (Å²) in [5.41, 5.74) is 3.30. The number of pyridine rings is 1. The first kappa shape index (κ1) is 17.4. The van der Waals surface area contributed by atoms with Gasteiger partial charge in [-0.1, -0.05) is 12.1 Å². The molecule has 132 valence electrons. The molecule has 2 aromatic rings. The lowest BCUT2D eigenvalue weighted by atomic mass is 10.1. The molecule has 3 rings (SSSR count). The molecule has 0 aliphatic carbocycles. The lowest BCUT2D eigenvalue weighted by Gasteiger charge is -2.12. The van der Waals surface area contributed by atoms with Gasteiger partial charge in [-0.2, -0.15) is 0 Å². The number of sulfone groups is 1. The van der Waals surface area contributed by atoms with Crippen LogP contribution < -0.4 is 10.6 Å². The van der Waals surface area contributed by atoms with Gasteiger partial charge in [-0.15, -0.1) is 0 Å². The molecule has 1 unspecified atom stereocenters. The van der Waals surface area contributed by atoms with Gasteiger partial charge in [-0.25, -0.2) is 13.4 Å². The van der Waals surface area contributed by atoms with Crippen molar-refractivity contribution in [3.63, 3.8) is 0 Å². The largest absolute Gasteiger partial charge is 0.366 e. The highest BCUT2D eigenvalue weighted by Crippen LogP contribution is 2.19. The van der Waals surface area contributed by atoms with E-state index in [2.05, 4.69) is 15.6 Å². The van der Waals surface area contributed by atoms with E-state index < -0.39 is 9.84 Å². The lowest BCUT2D eigenvalue weighted by molar-refractivity contribution is 0.102. The van der Waals surface area contributed by atoms with E-state index in [1.807, 2.05) is 32.0 Å². The van der Waals surface area contributed by atoms with Gasteiger partial charge in [-0.3, -0.25) is 4.79 Å². The summed E-state index contributed by atoms with van der Waals surface area (Å²) in [6, 6.07) is 9.15. The average molecular weight is 359 g/mol. The van der Waals surface area contributed by atoms with E-state index in [4.69, 9.17) is 0 Å². The molecule has 1 aromatic heterocycles. The smallest absolute Gasteiger partial charge is 0.257 e. The van der Waals surface area contributed by atoms with Gasteiger partial charge < -0.3 is 10.6 Å². The summed E-state index contributed by atoms with van der Waals surface area (Å²) in [6.07, 6.45) is 2.07. The minimum atomic E-state index is -2.93. The Morgan fingerprint density at radius 1 is 1.20 bits per heavy atom. The van der Waals surface area contributed by atoms with E-state index in [1.165, 1.54) is 6.20 Å². The zero-order valence-corrected chi connectivity index (χ0v) is 15.1. The molecule has 2 N–H and O–H groups in total. The van der Waals surface area contributed by atoms with Crippen molar-refractivity contribution in [2.24, 2.45) is 0 Å². The van der Waals surface area contributed by atoms with E-state index in [-0.39, 0.29) is 23.5 Å². The monoisotopic (exact) mass is 359 g/mol. The number of hydrogen-bond acceptors (Lipinski definition) is 5. The van der Waals surface area contributed by atoms with Crippen LogP contribution in [0.4, 0.5) is 11.5 Å². The molecule has 0 bridgehead atoms. The summed E-state index contributed by atoms with van der Waals surface area (Å²) in [5, 5.41) is 6.00. The second kappa shape index (κ2) is 6.84. The van der Waals surface area contributed by atoms with Gasteiger partial charge in [0.05, 0.1) is 17.1 Å². The van der Waals surface area contributed by atoms with Crippen molar-refractivity contribution in [1.29, 1.82) is 0 Å². The first-order valence-corrected chi connectivity index (χ1v) is 9.96. The fourth-order valence-corrected chi connectivity index (χ4v) is 4.47. The van der Waals surface area contributed by atoms with Crippen molar-refractivity contribution in [3.05, 3.63) is 53.2 Å². The standard InChI is InChI=1S/C18H21N3O3S/c1-12-3-4-13(2)16(9-12)21-18(22)14-5-6-17(19-10-14)20-15-7-8-25(23,24)11-15/h3-6,9-10,15H,7-8,11H2,1-2H3,(H,19,20)(H,21,22). The van der Waals surface area contributed by atoms with Crippen LogP contribution in [0.15, 0.2) is 36.5 Å². The Morgan fingerprint density at radius 2 is 2.00 bits per heavy atom. The second-order valence-electron chi connectivity index (χ2n) is 6.45. The quantitative estimate of drug-likeness (QED) is 0.876. The maximum atomic E-state index is 12.4. The van der Waals surface area contributed by atoms with Crippen LogP contribution in [-0.2, 0) is 9.84 Å². The number of hydrogen-bond donors (Lipinski definition) is 2. The number of nitrogens with zero attached hydrogens (tertiary/aromatic N) is 1. The van der Waals surface area contributed by atoms with Gasteiger partial charge in [-0.05, 0) is 49.6 Å². The fourth-order valence-electron chi connectivity index (χ4n) is 2.80. The molecule has 6 nitrogen and oxygen atoms in total. The van der Waals surface area contributed by atoms with E-state index >= 15 is 0 Å². The summed E-state index contributed by atoms with van der Waals surface area (Å²) in [5.74, 6) is 0.687. The highest BCUT2D eigenvalue weighted by molar-refractivity contribution is 7.91. The highest BCUT2D eigenvalue weighted by atomic mass is 32.2. The minimum absolute atomic E-state index is 0.118. The van der Waals surface area contributed by atoms with Crippen LogP contribution in [0, 0.1) is 13.8 Å². The number of carbonyl (C=O) groups is 1. The Bertz CT molecular complexity index is 892. The third kappa shape index (κ3) is 4.36. The predicted octanol–water partition coefficient (Wildman–Crippen LogP) is 2.55. The van der Waals surface area contributed by atoms with Crippen LogP contribution in [0.3, 0.4) is 0 Å². The molecule has 25 heavy (non-hydrogen) atoms. The Kier molecular flexibility index (Phi) is 4.76. The molecule has 1 aromatic carbocycles. The molecule has 2 heterocycles. The van der Waals surface area contributed by atoms with Crippen LogP contribution in [0.2, 0.25) is 0 Å². The molecule has 7 heteroatoms. The van der Waals surface area contributed by atoms with E-state index in [0.29, 0.717) is 17.8 Å². The molecular weight excluding hydrogens is 338 g/mol. The number of anilines is 2. The van der Waals surface area contributed by atoms with Gasteiger partial charge in [0.2, 0.25) is 0 Å². The number of rotatable bonds is 4. The van der Waals surface area contributed by atoms with Gasteiger partial charge in [0.25, 0.3) is 5.91 Å². The normalized spacial score (nSPS) is 18.7. The Hall–Kier alpha value is -2.41. The van der Waals surface area contributed by atoms with Crippen molar-refractivity contribution < 1.29 is 13.2 Å². The molecular formula is C18H21N3O3S. The van der Waals surface area contributed by atoms with Crippen LogP contribution >= 0.6 is 0 Å². The minimum Gasteiger partial charge on any atom is -0.366 e. The Labute approximate surface area is 147 Å². The maximum Gasteiger partial charge on any atom is 0.257 e. The molecule has 1 aliphatic rings. The molecule has 1 amide bonds. The number of benzene rings is 1. The van der Waals surface area contributed by atoms with E-state index in [1.54, 1.807) is 12.1 Å². The van der Waals surface area contributed by atoms with E-state index in [0.717, 1.165) is 16.8 Å². The zero-order chi connectivity index (χ0) is 18.0. The molecule has 0 radical (unpaired) electrons. The Morgan fingerprint density at radius 3 is 2.64 bits per heavy atom.